The Labute approximate surface area is 134 Å². The van der Waals surface area contributed by atoms with Crippen molar-refractivity contribution in [2.24, 2.45) is 0 Å². The van der Waals surface area contributed by atoms with Gasteiger partial charge in [0.1, 0.15) is 0 Å². The number of ether oxygens (including phenoxy) is 2. The highest BCUT2D eigenvalue weighted by molar-refractivity contribution is 6.05. The van der Waals surface area contributed by atoms with Crippen LogP contribution in [0.1, 0.15) is 13.8 Å². The Morgan fingerprint density at radius 3 is 1.42 bits per heavy atom. The first-order chi connectivity index (χ1) is 11.0. The molecule has 0 saturated heterocycles. The van der Waals surface area contributed by atoms with Crippen LogP contribution in [0, 0.1) is 0 Å². The molecule has 2 N–H and O–H groups in total. The number of aliphatic carboxylic acids is 2. The van der Waals surface area contributed by atoms with Crippen molar-refractivity contribution in [3.05, 3.63) is 35.5 Å². The second-order valence-electron chi connectivity index (χ2n) is 4.08. The fourth-order valence-electron chi connectivity index (χ4n) is 1.04. The highest BCUT2D eigenvalue weighted by Crippen LogP contribution is 2.02. The second kappa shape index (κ2) is 9.46. The Balaban J connectivity index is 0.000000620. The Morgan fingerprint density at radius 1 is 0.875 bits per heavy atom. The van der Waals surface area contributed by atoms with E-state index in [4.69, 9.17) is 10.2 Å². The van der Waals surface area contributed by atoms with E-state index in [1.165, 1.54) is 0 Å². The van der Waals surface area contributed by atoms with Crippen molar-refractivity contribution in [1.29, 1.82) is 0 Å². The summed E-state index contributed by atoms with van der Waals surface area (Å²) in [6.45, 7) is 2.31. The van der Waals surface area contributed by atoms with Gasteiger partial charge in [0.15, 0.2) is 0 Å². The number of hydrogen-bond acceptors (Lipinski definition) is 8. The summed E-state index contributed by atoms with van der Waals surface area (Å²) in [5, 5.41) is 16.7. The first-order valence-corrected chi connectivity index (χ1v) is 6.05. The number of carbonyl (C=O) groups is 6. The first-order valence-electron chi connectivity index (χ1n) is 6.05. The molecule has 1 aliphatic rings. The molecule has 0 amide bonds. The third-order valence-electron chi connectivity index (χ3n) is 2.07. The third kappa shape index (κ3) is 8.67. The van der Waals surface area contributed by atoms with Gasteiger partial charge in [0.2, 0.25) is 0 Å². The minimum Gasteiger partial charge on any atom is -0.478 e. The molecule has 0 bridgehead atoms. The highest BCUT2D eigenvalue weighted by Gasteiger charge is 2.15. The van der Waals surface area contributed by atoms with Gasteiger partial charge in [-0.3, -0.25) is 0 Å². The summed E-state index contributed by atoms with van der Waals surface area (Å²) in [7, 11) is 0. The number of esters is 4. The molecule has 0 saturated carbocycles. The zero-order chi connectivity index (χ0) is 18.9. The van der Waals surface area contributed by atoms with Crippen molar-refractivity contribution in [2.45, 2.75) is 13.8 Å². The van der Waals surface area contributed by atoms with E-state index in [1.54, 1.807) is 0 Å². The van der Waals surface area contributed by atoms with Crippen LogP contribution < -0.4 is 0 Å². The fraction of sp³-hybridized carbons (Fsp3) is 0.143. The van der Waals surface area contributed by atoms with Crippen molar-refractivity contribution in [2.75, 3.05) is 0 Å². The van der Waals surface area contributed by atoms with Crippen LogP contribution in [0.15, 0.2) is 35.5 Å². The SMILES string of the molecule is C/C(=C/C(=O)O)C(=O)OC(=O)/C(C)=C\C(=O)O.O=C1C=CC(=O)O1. The number of cyclic esters (lactones) is 2. The molecule has 128 valence electrons. The quantitative estimate of drug-likeness (QED) is 0.396. The van der Waals surface area contributed by atoms with E-state index in [2.05, 4.69) is 9.47 Å². The first kappa shape index (κ1) is 20.4. The van der Waals surface area contributed by atoms with E-state index in [1.807, 2.05) is 0 Å². The Morgan fingerprint density at radius 2 is 1.21 bits per heavy atom. The molecule has 1 aliphatic heterocycles. The molecule has 10 heteroatoms. The van der Waals surface area contributed by atoms with Crippen LogP contribution in [0.3, 0.4) is 0 Å². The zero-order valence-corrected chi connectivity index (χ0v) is 12.5. The molecule has 1 heterocycles. The van der Waals surface area contributed by atoms with Gasteiger partial charge >= 0.3 is 35.8 Å². The van der Waals surface area contributed by atoms with Gasteiger partial charge in [-0.1, -0.05) is 0 Å². The molecule has 0 atom stereocenters. The second-order valence-corrected chi connectivity index (χ2v) is 4.08. The molecule has 0 radical (unpaired) electrons. The lowest BCUT2D eigenvalue weighted by Crippen LogP contribution is -2.15. The summed E-state index contributed by atoms with van der Waals surface area (Å²) in [6.07, 6.45) is 3.32. The maximum atomic E-state index is 11.1. The molecule has 0 fully saturated rings. The maximum absolute atomic E-state index is 11.1. The lowest BCUT2D eigenvalue weighted by molar-refractivity contribution is -0.155. The molecule has 24 heavy (non-hydrogen) atoms. The summed E-state index contributed by atoms with van der Waals surface area (Å²) in [5.74, 6) is -6.16. The Hall–Kier alpha value is -3.56. The Bertz CT molecular complexity index is 622. The maximum Gasteiger partial charge on any atom is 0.341 e. The highest BCUT2D eigenvalue weighted by atomic mass is 16.6. The number of carboxylic acids is 2. The summed E-state index contributed by atoms with van der Waals surface area (Å²) < 4.78 is 8.21. The number of carbonyl (C=O) groups excluding carboxylic acids is 4. The third-order valence-corrected chi connectivity index (χ3v) is 2.07. The number of rotatable bonds is 4. The average Bonchev–Trinajstić information content (AvgIpc) is 2.81. The minimum atomic E-state index is -1.36. The molecule has 1 rings (SSSR count). The summed E-state index contributed by atoms with van der Waals surface area (Å²) >= 11 is 0. The van der Waals surface area contributed by atoms with E-state index in [-0.39, 0.29) is 11.1 Å². The lowest BCUT2D eigenvalue weighted by atomic mass is 10.2. The van der Waals surface area contributed by atoms with Crippen LogP contribution in [0.25, 0.3) is 0 Å². The molecule has 0 aliphatic carbocycles. The molecule has 0 aromatic carbocycles. The fourth-order valence-corrected chi connectivity index (χ4v) is 1.04. The smallest absolute Gasteiger partial charge is 0.341 e. The van der Waals surface area contributed by atoms with Crippen LogP contribution in [0.4, 0.5) is 0 Å². The van der Waals surface area contributed by atoms with E-state index in [0.717, 1.165) is 26.0 Å². The molecule has 0 aromatic heterocycles. The van der Waals surface area contributed by atoms with Gasteiger partial charge in [-0.25, -0.2) is 28.8 Å². The number of carboxylic acid groups (broad SMARTS) is 2. The van der Waals surface area contributed by atoms with E-state index in [0.29, 0.717) is 12.2 Å². The predicted molar refractivity (Wildman–Crippen MR) is 74.1 cm³/mol. The van der Waals surface area contributed by atoms with Gasteiger partial charge in [0.05, 0.1) is 0 Å². The van der Waals surface area contributed by atoms with Gasteiger partial charge < -0.3 is 19.7 Å². The zero-order valence-electron chi connectivity index (χ0n) is 12.5. The standard InChI is InChI=1S/C10H10O7.C4H2O3/c1-5(3-7(11)12)9(15)17-10(16)6(2)4-8(13)14;5-3-1-2-4(6)7-3/h3-4H,1-2H3,(H,11,12)(H,13,14);1-2H/b5-3-,6-4-;. The van der Waals surface area contributed by atoms with Crippen molar-refractivity contribution in [3.8, 4) is 0 Å². The van der Waals surface area contributed by atoms with E-state index >= 15 is 0 Å². The van der Waals surface area contributed by atoms with Crippen LogP contribution in [-0.4, -0.2) is 46.0 Å². The van der Waals surface area contributed by atoms with Gasteiger partial charge in [-0.15, -0.1) is 0 Å². The topological polar surface area (TPSA) is 161 Å². The van der Waals surface area contributed by atoms with Crippen molar-refractivity contribution in [3.63, 3.8) is 0 Å². The number of hydrogen-bond donors (Lipinski definition) is 2. The molecule has 0 aromatic rings. The van der Waals surface area contributed by atoms with Crippen molar-refractivity contribution < 1.29 is 48.5 Å². The predicted octanol–water partition coefficient (Wildman–Crippen LogP) is -0.256. The summed E-state index contributed by atoms with van der Waals surface area (Å²) in [4.78, 5) is 62.5. The minimum absolute atomic E-state index is 0.283. The molecule has 10 nitrogen and oxygen atoms in total. The van der Waals surface area contributed by atoms with Crippen LogP contribution in [0.5, 0.6) is 0 Å². The normalized spacial score (nSPS) is 13.6. The average molecular weight is 340 g/mol. The van der Waals surface area contributed by atoms with Crippen LogP contribution >= 0.6 is 0 Å². The van der Waals surface area contributed by atoms with Crippen LogP contribution in [-0.2, 0) is 38.2 Å². The van der Waals surface area contributed by atoms with E-state index in [9.17, 15) is 28.8 Å². The monoisotopic (exact) mass is 340 g/mol. The Kier molecular flexibility index (Phi) is 8.05. The summed E-state index contributed by atoms with van der Waals surface area (Å²) in [5.41, 5.74) is -0.567. The molecule has 0 spiro atoms. The van der Waals surface area contributed by atoms with E-state index < -0.39 is 35.8 Å². The molecular formula is C14H12O10. The summed E-state index contributed by atoms with van der Waals surface area (Å²) in [6, 6.07) is 0. The van der Waals surface area contributed by atoms with Crippen molar-refractivity contribution >= 4 is 35.8 Å². The van der Waals surface area contributed by atoms with Gasteiger partial charge in [-0.05, 0) is 13.8 Å². The van der Waals surface area contributed by atoms with Crippen LogP contribution in [0.2, 0.25) is 0 Å². The van der Waals surface area contributed by atoms with Crippen molar-refractivity contribution in [1.82, 2.24) is 0 Å². The lowest BCUT2D eigenvalue weighted by Gasteiger charge is -2.01. The van der Waals surface area contributed by atoms with Gasteiger partial charge in [0, 0.05) is 35.5 Å². The van der Waals surface area contributed by atoms with Gasteiger partial charge in [0.25, 0.3) is 0 Å². The van der Waals surface area contributed by atoms with Gasteiger partial charge in [-0.2, -0.15) is 0 Å². The largest absolute Gasteiger partial charge is 0.478 e. The molecule has 0 unspecified atom stereocenters. The molecular weight excluding hydrogens is 328 g/mol.